The number of sulfone groups is 1. The number of urea groups is 1. The van der Waals surface area contributed by atoms with Crippen molar-refractivity contribution in [2.45, 2.75) is 74.7 Å². The molecule has 0 aromatic carbocycles. The molecule has 1 N–H and O–H groups in total. The lowest BCUT2D eigenvalue weighted by Gasteiger charge is -2.38. The number of rotatable bonds is 2. The Bertz CT molecular complexity index is 471. The molecule has 0 radical (unpaired) electrons. The van der Waals surface area contributed by atoms with Gasteiger partial charge in [0.2, 0.25) is 0 Å². The van der Waals surface area contributed by atoms with Gasteiger partial charge in [-0.05, 0) is 38.5 Å². The van der Waals surface area contributed by atoms with E-state index >= 15 is 0 Å². The summed E-state index contributed by atoms with van der Waals surface area (Å²) in [6.07, 6.45) is 9.04. The zero-order valence-electron chi connectivity index (χ0n) is 12.0. The number of nitrogens with zero attached hydrogens (tertiary/aromatic N) is 1. The minimum Gasteiger partial charge on any atom is -0.335 e. The van der Waals surface area contributed by atoms with Crippen LogP contribution in [-0.4, -0.2) is 49.0 Å². The van der Waals surface area contributed by atoms with E-state index in [0.29, 0.717) is 18.9 Å². The Morgan fingerprint density at radius 1 is 1.05 bits per heavy atom. The fourth-order valence-electron chi connectivity index (χ4n) is 4.13. The van der Waals surface area contributed by atoms with Gasteiger partial charge in [-0.3, -0.25) is 0 Å². The zero-order chi connectivity index (χ0) is 14.3. The quantitative estimate of drug-likeness (QED) is 0.843. The van der Waals surface area contributed by atoms with E-state index in [1.807, 2.05) is 4.90 Å². The Labute approximate surface area is 121 Å². The van der Waals surface area contributed by atoms with Gasteiger partial charge >= 0.3 is 6.03 Å². The Morgan fingerprint density at radius 3 is 2.10 bits per heavy atom. The van der Waals surface area contributed by atoms with Crippen molar-refractivity contribution in [2.24, 2.45) is 0 Å². The average molecular weight is 300 g/mol. The van der Waals surface area contributed by atoms with Gasteiger partial charge in [-0.2, -0.15) is 0 Å². The second kappa shape index (κ2) is 5.20. The lowest BCUT2D eigenvalue weighted by molar-refractivity contribution is 0.145. The van der Waals surface area contributed by atoms with Crippen molar-refractivity contribution in [3.63, 3.8) is 0 Å². The molecule has 2 atom stereocenters. The average Bonchev–Trinajstić information content (AvgIpc) is 2.94. The van der Waals surface area contributed by atoms with Crippen molar-refractivity contribution < 1.29 is 13.2 Å². The van der Waals surface area contributed by atoms with Gasteiger partial charge in [-0.1, -0.05) is 12.8 Å². The highest BCUT2D eigenvalue weighted by Crippen LogP contribution is 2.38. The number of piperidine rings is 1. The molecule has 114 valence electrons. The highest BCUT2D eigenvalue weighted by Gasteiger charge is 2.46. The van der Waals surface area contributed by atoms with Crippen LogP contribution < -0.4 is 5.32 Å². The molecule has 1 saturated carbocycles. The van der Waals surface area contributed by atoms with Gasteiger partial charge in [0.05, 0.1) is 5.25 Å². The number of nitrogens with one attached hydrogen (secondary N) is 1. The summed E-state index contributed by atoms with van der Waals surface area (Å²) in [5, 5.41) is 2.89. The molecular weight excluding hydrogens is 276 g/mol. The molecule has 3 rings (SSSR count). The molecule has 1 aliphatic carbocycles. The van der Waals surface area contributed by atoms with Crippen molar-refractivity contribution >= 4 is 15.9 Å². The monoisotopic (exact) mass is 300 g/mol. The molecule has 20 heavy (non-hydrogen) atoms. The molecule has 0 aromatic heterocycles. The molecule has 3 fully saturated rings. The third-order valence-corrected chi connectivity index (χ3v) is 6.81. The number of hydrogen-bond acceptors (Lipinski definition) is 3. The van der Waals surface area contributed by atoms with E-state index in [0.717, 1.165) is 25.7 Å². The van der Waals surface area contributed by atoms with Crippen LogP contribution in [0.3, 0.4) is 0 Å². The van der Waals surface area contributed by atoms with Gasteiger partial charge in [0.25, 0.3) is 0 Å². The SMILES string of the molecule is CS(=O)(=O)C1CC2CCC(C1)N2C(=O)NC1CCCC1. The molecule has 2 amide bonds. The van der Waals surface area contributed by atoms with Crippen molar-refractivity contribution in [1.82, 2.24) is 10.2 Å². The summed E-state index contributed by atoms with van der Waals surface area (Å²) in [4.78, 5) is 14.4. The van der Waals surface area contributed by atoms with E-state index < -0.39 is 9.84 Å². The van der Waals surface area contributed by atoms with E-state index in [2.05, 4.69) is 5.32 Å². The number of carbonyl (C=O) groups excluding carboxylic acids is 1. The molecule has 6 heteroatoms. The predicted molar refractivity (Wildman–Crippen MR) is 77.3 cm³/mol. The molecule has 2 saturated heterocycles. The van der Waals surface area contributed by atoms with Crippen molar-refractivity contribution in [2.75, 3.05) is 6.26 Å². The number of carbonyl (C=O) groups is 1. The Morgan fingerprint density at radius 2 is 1.60 bits per heavy atom. The van der Waals surface area contributed by atoms with Crippen LogP contribution in [0.15, 0.2) is 0 Å². The molecule has 2 aliphatic heterocycles. The van der Waals surface area contributed by atoms with Crippen LogP contribution in [0.2, 0.25) is 0 Å². The lowest BCUT2D eigenvalue weighted by atomic mass is 10.0. The minimum absolute atomic E-state index is 0.0383. The summed E-state index contributed by atoms with van der Waals surface area (Å²) in [6, 6.07) is 0.607. The molecule has 2 heterocycles. The first-order valence-electron chi connectivity index (χ1n) is 7.73. The zero-order valence-corrected chi connectivity index (χ0v) is 12.9. The van der Waals surface area contributed by atoms with Crippen LogP contribution in [0, 0.1) is 0 Å². The van der Waals surface area contributed by atoms with Crippen LogP contribution in [0.1, 0.15) is 51.4 Å². The number of amides is 2. The largest absolute Gasteiger partial charge is 0.335 e. The molecule has 2 bridgehead atoms. The summed E-state index contributed by atoms with van der Waals surface area (Å²) in [5.41, 5.74) is 0. The normalized spacial score (nSPS) is 34.5. The van der Waals surface area contributed by atoms with Gasteiger partial charge in [0, 0.05) is 24.4 Å². The van der Waals surface area contributed by atoms with E-state index in [1.165, 1.54) is 19.1 Å². The van der Waals surface area contributed by atoms with Gasteiger partial charge in [-0.25, -0.2) is 13.2 Å². The fraction of sp³-hybridized carbons (Fsp3) is 0.929. The maximum absolute atomic E-state index is 12.4. The lowest BCUT2D eigenvalue weighted by Crippen LogP contribution is -2.54. The number of fused-ring (bicyclic) bond motifs is 2. The molecule has 0 aromatic rings. The van der Waals surface area contributed by atoms with Gasteiger partial charge in [0.15, 0.2) is 0 Å². The first-order valence-corrected chi connectivity index (χ1v) is 9.68. The van der Waals surface area contributed by atoms with Gasteiger partial charge in [0.1, 0.15) is 9.84 Å². The smallest absolute Gasteiger partial charge is 0.318 e. The Hall–Kier alpha value is -0.780. The van der Waals surface area contributed by atoms with E-state index in [4.69, 9.17) is 0 Å². The maximum atomic E-state index is 12.4. The Kier molecular flexibility index (Phi) is 3.69. The fourth-order valence-corrected chi connectivity index (χ4v) is 5.27. The molecule has 3 aliphatic rings. The molecule has 2 unspecified atom stereocenters. The van der Waals surface area contributed by atoms with Crippen LogP contribution in [0.4, 0.5) is 4.79 Å². The first kappa shape index (κ1) is 14.2. The van der Waals surface area contributed by atoms with Crippen LogP contribution in [0.5, 0.6) is 0 Å². The predicted octanol–water partition coefficient (Wildman–Crippen LogP) is 1.68. The summed E-state index contributed by atoms with van der Waals surface area (Å²) in [7, 11) is -2.98. The number of hydrogen-bond donors (Lipinski definition) is 1. The second-order valence-electron chi connectivity index (χ2n) is 6.65. The van der Waals surface area contributed by atoms with Gasteiger partial charge in [-0.15, -0.1) is 0 Å². The standard InChI is InChI=1S/C14H24N2O3S/c1-20(18,19)13-8-11-6-7-12(9-13)16(11)14(17)15-10-4-2-3-5-10/h10-13H,2-9H2,1H3,(H,15,17). The first-order chi connectivity index (χ1) is 9.45. The second-order valence-corrected chi connectivity index (χ2v) is 8.97. The third-order valence-electron chi connectivity index (χ3n) is 5.21. The van der Waals surface area contributed by atoms with Gasteiger partial charge < -0.3 is 10.2 Å². The van der Waals surface area contributed by atoms with E-state index in [1.54, 1.807) is 0 Å². The summed E-state index contributed by atoms with van der Waals surface area (Å²) < 4.78 is 23.5. The molecule has 5 nitrogen and oxygen atoms in total. The van der Waals surface area contributed by atoms with E-state index in [9.17, 15) is 13.2 Å². The van der Waals surface area contributed by atoms with E-state index in [-0.39, 0.29) is 23.4 Å². The molecular formula is C14H24N2O3S. The highest BCUT2D eigenvalue weighted by molar-refractivity contribution is 7.91. The summed E-state index contributed by atoms with van der Waals surface area (Å²) in [6.45, 7) is 0. The van der Waals surface area contributed by atoms with Crippen LogP contribution in [0.25, 0.3) is 0 Å². The summed E-state index contributed by atoms with van der Waals surface area (Å²) in [5.74, 6) is 0. The maximum Gasteiger partial charge on any atom is 0.318 e. The van der Waals surface area contributed by atoms with Crippen LogP contribution in [-0.2, 0) is 9.84 Å². The minimum atomic E-state index is -2.98. The Balaban J connectivity index is 1.66. The van der Waals surface area contributed by atoms with Crippen LogP contribution >= 0.6 is 0 Å². The van der Waals surface area contributed by atoms with Crippen molar-refractivity contribution in [1.29, 1.82) is 0 Å². The van der Waals surface area contributed by atoms with Crippen molar-refractivity contribution in [3.8, 4) is 0 Å². The molecule has 0 spiro atoms. The topological polar surface area (TPSA) is 66.5 Å². The summed E-state index contributed by atoms with van der Waals surface area (Å²) >= 11 is 0. The highest BCUT2D eigenvalue weighted by atomic mass is 32.2. The third kappa shape index (κ3) is 2.67. The van der Waals surface area contributed by atoms with Crippen molar-refractivity contribution in [3.05, 3.63) is 0 Å².